The Morgan fingerprint density at radius 1 is 1.44 bits per heavy atom. The van der Waals surface area contributed by atoms with Crippen molar-refractivity contribution in [2.24, 2.45) is 0 Å². The largest absolute Gasteiger partial charge is 0.477 e. The average molecular weight is 246 g/mol. The minimum atomic E-state index is -1.02. The van der Waals surface area contributed by atoms with Crippen molar-refractivity contribution in [3.63, 3.8) is 0 Å². The average Bonchev–Trinajstić information content (AvgIpc) is 2.74. The van der Waals surface area contributed by atoms with Gasteiger partial charge in [0, 0.05) is 23.9 Å². The third-order valence-corrected chi connectivity index (χ3v) is 2.64. The first-order valence-corrected chi connectivity index (χ1v) is 5.78. The number of aromatic nitrogens is 2. The molecule has 0 atom stereocenters. The summed E-state index contributed by atoms with van der Waals surface area (Å²) in [7, 11) is 0. The van der Waals surface area contributed by atoms with Gasteiger partial charge < -0.3 is 9.63 Å². The molecule has 5 nitrogen and oxygen atoms in total. The normalized spacial score (nSPS) is 10.6. The summed E-state index contributed by atoms with van der Waals surface area (Å²) in [5.74, 6) is -0.601. The van der Waals surface area contributed by atoms with Crippen molar-refractivity contribution < 1.29 is 14.4 Å². The molecule has 94 valence electrons. The van der Waals surface area contributed by atoms with Crippen LogP contribution in [0.2, 0.25) is 0 Å². The van der Waals surface area contributed by atoms with E-state index in [2.05, 4.69) is 10.1 Å². The molecule has 0 unspecified atom stereocenters. The highest BCUT2D eigenvalue weighted by Crippen LogP contribution is 2.26. The summed E-state index contributed by atoms with van der Waals surface area (Å²) in [6, 6.07) is 3.61. The van der Waals surface area contributed by atoms with Crippen molar-refractivity contribution in [2.75, 3.05) is 0 Å². The molecule has 0 aliphatic carbocycles. The maximum Gasteiger partial charge on any atom is 0.341 e. The maximum absolute atomic E-state index is 11.3. The molecule has 18 heavy (non-hydrogen) atoms. The third-order valence-electron chi connectivity index (χ3n) is 2.64. The third kappa shape index (κ3) is 2.25. The summed E-state index contributed by atoms with van der Waals surface area (Å²) < 4.78 is 5.12. The van der Waals surface area contributed by atoms with Gasteiger partial charge in [-0.25, -0.2) is 4.79 Å². The molecular formula is C13H14N2O3. The van der Waals surface area contributed by atoms with Crippen LogP contribution in [0.25, 0.3) is 11.3 Å². The molecule has 0 spiro atoms. The summed E-state index contributed by atoms with van der Waals surface area (Å²) >= 11 is 0. The molecule has 2 heterocycles. The standard InChI is InChI=1S/C13H14N2O3/c1-3-4-10-11(13(16)17)12(15-18-10)9-6-5-8(2)14-7-9/h5-7H,3-4H2,1-2H3,(H,16,17). The van der Waals surface area contributed by atoms with Gasteiger partial charge in [0.2, 0.25) is 0 Å². The van der Waals surface area contributed by atoms with Gasteiger partial charge in [-0.05, 0) is 25.5 Å². The Labute approximate surface area is 104 Å². The molecule has 0 saturated carbocycles. The van der Waals surface area contributed by atoms with E-state index in [4.69, 9.17) is 4.52 Å². The number of carbonyl (C=O) groups is 1. The number of hydrogen-bond acceptors (Lipinski definition) is 4. The van der Waals surface area contributed by atoms with E-state index in [1.807, 2.05) is 19.9 Å². The second-order valence-corrected chi connectivity index (χ2v) is 4.07. The summed E-state index contributed by atoms with van der Waals surface area (Å²) in [6.07, 6.45) is 2.98. The van der Waals surface area contributed by atoms with Crippen LogP contribution >= 0.6 is 0 Å². The lowest BCUT2D eigenvalue weighted by Crippen LogP contribution is -2.01. The number of aryl methyl sites for hydroxylation is 2. The fraction of sp³-hybridized carbons (Fsp3) is 0.308. The highest BCUT2D eigenvalue weighted by molar-refractivity contribution is 5.95. The number of hydrogen-bond donors (Lipinski definition) is 1. The molecule has 0 radical (unpaired) electrons. The molecule has 0 aliphatic rings. The smallest absolute Gasteiger partial charge is 0.341 e. The lowest BCUT2D eigenvalue weighted by Gasteiger charge is -1.99. The molecule has 5 heteroatoms. The van der Waals surface area contributed by atoms with Crippen LogP contribution in [0.1, 0.15) is 35.2 Å². The monoisotopic (exact) mass is 246 g/mol. The van der Waals surface area contributed by atoms with E-state index in [9.17, 15) is 9.90 Å². The van der Waals surface area contributed by atoms with Crippen molar-refractivity contribution in [3.05, 3.63) is 35.3 Å². The summed E-state index contributed by atoms with van der Waals surface area (Å²) in [5.41, 5.74) is 2.01. The van der Waals surface area contributed by atoms with E-state index in [1.54, 1.807) is 12.3 Å². The Morgan fingerprint density at radius 3 is 2.78 bits per heavy atom. The molecule has 2 aromatic heterocycles. The van der Waals surface area contributed by atoms with Gasteiger partial charge >= 0.3 is 5.97 Å². The maximum atomic E-state index is 11.3. The molecule has 1 N–H and O–H groups in total. The first-order chi connectivity index (χ1) is 8.63. The Bertz CT molecular complexity index is 558. The molecule has 0 saturated heterocycles. The molecule has 2 rings (SSSR count). The Hall–Kier alpha value is -2.17. The Kier molecular flexibility index (Phi) is 3.41. The lowest BCUT2D eigenvalue weighted by atomic mass is 10.1. The van der Waals surface area contributed by atoms with Crippen LogP contribution in [0.4, 0.5) is 0 Å². The van der Waals surface area contributed by atoms with Crippen LogP contribution in [-0.4, -0.2) is 21.2 Å². The van der Waals surface area contributed by atoms with Crippen LogP contribution < -0.4 is 0 Å². The van der Waals surface area contributed by atoms with Crippen molar-refractivity contribution in [3.8, 4) is 11.3 Å². The number of carboxylic acid groups (broad SMARTS) is 1. The van der Waals surface area contributed by atoms with E-state index in [-0.39, 0.29) is 5.56 Å². The molecular weight excluding hydrogens is 232 g/mol. The zero-order valence-corrected chi connectivity index (χ0v) is 10.3. The SMILES string of the molecule is CCCc1onc(-c2ccc(C)nc2)c1C(=O)O. The zero-order valence-electron chi connectivity index (χ0n) is 10.3. The van der Waals surface area contributed by atoms with Gasteiger partial charge in [0.1, 0.15) is 11.3 Å². The number of nitrogens with zero attached hydrogens (tertiary/aromatic N) is 2. The van der Waals surface area contributed by atoms with Gasteiger partial charge in [0.15, 0.2) is 5.76 Å². The number of aromatic carboxylic acids is 1. The van der Waals surface area contributed by atoms with E-state index in [1.165, 1.54) is 0 Å². The minimum absolute atomic E-state index is 0.141. The van der Waals surface area contributed by atoms with Gasteiger partial charge in [-0.3, -0.25) is 4.98 Å². The van der Waals surface area contributed by atoms with Gasteiger partial charge in [-0.15, -0.1) is 0 Å². The van der Waals surface area contributed by atoms with Gasteiger partial charge in [-0.1, -0.05) is 12.1 Å². The highest BCUT2D eigenvalue weighted by Gasteiger charge is 2.22. The second-order valence-electron chi connectivity index (χ2n) is 4.07. The minimum Gasteiger partial charge on any atom is -0.477 e. The molecule has 0 fully saturated rings. The molecule has 0 bridgehead atoms. The van der Waals surface area contributed by atoms with Crippen LogP contribution in [0, 0.1) is 6.92 Å². The molecule has 0 aromatic carbocycles. The van der Waals surface area contributed by atoms with E-state index in [0.29, 0.717) is 23.4 Å². The fourth-order valence-electron chi connectivity index (χ4n) is 1.75. The van der Waals surface area contributed by atoms with Gasteiger partial charge in [0.25, 0.3) is 0 Å². The van der Waals surface area contributed by atoms with Crippen LogP contribution in [0.5, 0.6) is 0 Å². The lowest BCUT2D eigenvalue weighted by molar-refractivity contribution is 0.0695. The summed E-state index contributed by atoms with van der Waals surface area (Å²) in [6.45, 7) is 3.83. The zero-order chi connectivity index (χ0) is 13.1. The summed E-state index contributed by atoms with van der Waals surface area (Å²) in [5, 5.41) is 13.1. The van der Waals surface area contributed by atoms with Crippen molar-refractivity contribution in [1.29, 1.82) is 0 Å². The Morgan fingerprint density at radius 2 is 2.22 bits per heavy atom. The van der Waals surface area contributed by atoms with Crippen LogP contribution in [-0.2, 0) is 6.42 Å². The number of carboxylic acids is 1. The molecule has 2 aromatic rings. The number of rotatable bonds is 4. The van der Waals surface area contributed by atoms with Gasteiger partial charge in [-0.2, -0.15) is 0 Å². The number of pyridine rings is 1. The molecule has 0 amide bonds. The predicted molar refractivity (Wildman–Crippen MR) is 65.4 cm³/mol. The van der Waals surface area contributed by atoms with E-state index >= 15 is 0 Å². The quantitative estimate of drug-likeness (QED) is 0.897. The van der Waals surface area contributed by atoms with Crippen LogP contribution in [0.15, 0.2) is 22.9 Å². The molecule has 0 aliphatic heterocycles. The van der Waals surface area contributed by atoms with E-state index < -0.39 is 5.97 Å². The first kappa shape index (κ1) is 12.3. The van der Waals surface area contributed by atoms with E-state index in [0.717, 1.165) is 12.1 Å². The topological polar surface area (TPSA) is 76.2 Å². The second kappa shape index (κ2) is 5.00. The highest BCUT2D eigenvalue weighted by atomic mass is 16.5. The van der Waals surface area contributed by atoms with Crippen molar-refractivity contribution in [2.45, 2.75) is 26.7 Å². The fourth-order valence-corrected chi connectivity index (χ4v) is 1.75. The van der Waals surface area contributed by atoms with Gasteiger partial charge in [0.05, 0.1) is 0 Å². The predicted octanol–water partition coefficient (Wildman–Crippen LogP) is 2.70. The van der Waals surface area contributed by atoms with Crippen molar-refractivity contribution in [1.82, 2.24) is 10.1 Å². The van der Waals surface area contributed by atoms with Crippen LogP contribution in [0.3, 0.4) is 0 Å². The summed E-state index contributed by atoms with van der Waals surface area (Å²) in [4.78, 5) is 15.4. The van der Waals surface area contributed by atoms with Crippen molar-refractivity contribution >= 4 is 5.97 Å². The Balaban J connectivity index is 2.50. The first-order valence-electron chi connectivity index (χ1n) is 5.78.